The first-order chi connectivity index (χ1) is 15.6. The van der Waals surface area contributed by atoms with Crippen LogP contribution in [0.2, 0.25) is 0 Å². The summed E-state index contributed by atoms with van der Waals surface area (Å²) in [7, 11) is -3.52. The molecule has 3 aromatic heterocycles. The maximum atomic E-state index is 13.0. The van der Waals surface area contributed by atoms with Gasteiger partial charge in [0.2, 0.25) is 15.9 Å². The highest BCUT2D eigenvalue weighted by atomic mass is 32.2. The van der Waals surface area contributed by atoms with E-state index in [0.29, 0.717) is 35.5 Å². The van der Waals surface area contributed by atoms with Crippen LogP contribution in [0.25, 0.3) is 22.0 Å². The summed E-state index contributed by atoms with van der Waals surface area (Å²) in [6.07, 6.45) is 6.15. The first-order valence-electron chi connectivity index (χ1n) is 10.1. The highest BCUT2D eigenvalue weighted by Gasteiger charge is 2.26. The van der Waals surface area contributed by atoms with E-state index in [-0.39, 0.29) is 4.90 Å². The van der Waals surface area contributed by atoms with Crippen molar-refractivity contribution in [1.29, 1.82) is 0 Å². The van der Waals surface area contributed by atoms with Crippen molar-refractivity contribution in [2.24, 2.45) is 0 Å². The van der Waals surface area contributed by atoms with Gasteiger partial charge in [0.1, 0.15) is 11.3 Å². The van der Waals surface area contributed by atoms with Gasteiger partial charge in [-0.2, -0.15) is 4.31 Å². The van der Waals surface area contributed by atoms with Crippen molar-refractivity contribution in [1.82, 2.24) is 19.5 Å². The molecule has 32 heavy (non-hydrogen) atoms. The lowest BCUT2D eigenvalue weighted by molar-refractivity contribution is 0.346. The smallest absolute Gasteiger partial charge is 0.277 e. The molecule has 11 heteroatoms. The number of hydrogen-bond donors (Lipinski definition) is 0. The summed E-state index contributed by atoms with van der Waals surface area (Å²) in [5, 5.41) is 11.5. The molecule has 1 saturated heterocycles. The van der Waals surface area contributed by atoms with Gasteiger partial charge in [-0.15, -0.1) is 21.5 Å². The molecule has 4 heterocycles. The van der Waals surface area contributed by atoms with Gasteiger partial charge in [-0.05, 0) is 37.1 Å². The number of hydrogen-bond acceptors (Lipinski definition) is 9. The number of benzene rings is 1. The van der Waals surface area contributed by atoms with E-state index in [9.17, 15) is 8.42 Å². The Labute approximate surface area is 193 Å². The molecule has 0 amide bonds. The second kappa shape index (κ2) is 9.18. The Balaban J connectivity index is 1.28. The number of sulfonamides is 1. The van der Waals surface area contributed by atoms with Crippen molar-refractivity contribution in [3.63, 3.8) is 0 Å². The van der Waals surface area contributed by atoms with E-state index in [0.717, 1.165) is 35.5 Å². The van der Waals surface area contributed by atoms with Crippen molar-refractivity contribution >= 4 is 33.1 Å². The SMILES string of the molecule is O=S(=O)(c1cccc(-c2nnc(SCc3csc(-c4ccoc4)n3)o2)c1)N1CCCCC1. The van der Waals surface area contributed by atoms with Crippen LogP contribution < -0.4 is 0 Å². The summed E-state index contributed by atoms with van der Waals surface area (Å²) in [5.74, 6) is 0.875. The molecule has 0 N–H and O–H groups in total. The largest absolute Gasteiger partial charge is 0.472 e. The van der Waals surface area contributed by atoms with E-state index in [1.807, 2.05) is 11.4 Å². The maximum absolute atomic E-state index is 13.0. The molecule has 0 aliphatic carbocycles. The third-order valence-electron chi connectivity index (χ3n) is 5.10. The zero-order chi connectivity index (χ0) is 22.0. The number of thioether (sulfide) groups is 1. The lowest BCUT2D eigenvalue weighted by atomic mass is 10.2. The van der Waals surface area contributed by atoms with Gasteiger partial charge in [0, 0.05) is 35.3 Å². The van der Waals surface area contributed by atoms with Crippen molar-refractivity contribution in [3.05, 3.63) is 53.9 Å². The summed E-state index contributed by atoms with van der Waals surface area (Å²) < 4.78 is 38.4. The molecule has 166 valence electrons. The highest BCUT2D eigenvalue weighted by Crippen LogP contribution is 2.30. The molecule has 0 radical (unpaired) electrons. The van der Waals surface area contributed by atoms with E-state index in [1.165, 1.54) is 11.8 Å². The molecule has 1 fully saturated rings. The number of furan rings is 1. The van der Waals surface area contributed by atoms with Gasteiger partial charge in [-0.25, -0.2) is 13.4 Å². The fraction of sp³-hybridized carbons (Fsp3) is 0.286. The number of rotatable bonds is 7. The Morgan fingerprint density at radius 3 is 2.78 bits per heavy atom. The third-order valence-corrected chi connectivity index (χ3v) is 8.79. The normalized spacial score (nSPS) is 15.2. The molecular formula is C21H20N4O4S3. The van der Waals surface area contributed by atoms with Gasteiger partial charge in [0.05, 0.1) is 16.9 Å². The van der Waals surface area contributed by atoms with E-state index in [2.05, 4.69) is 15.2 Å². The van der Waals surface area contributed by atoms with E-state index < -0.39 is 10.0 Å². The van der Waals surface area contributed by atoms with Crippen molar-refractivity contribution < 1.29 is 17.3 Å². The van der Waals surface area contributed by atoms with Crippen molar-refractivity contribution in [2.75, 3.05) is 13.1 Å². The highest BCUT2D eigenvalue weighted by molar-refractivity contribution is 7.98. The van der Waals surface area contributed by atoms with Gasteiger partial charge in [0.15, 0.2) is 0 Å². The van der Waals surface area contributed by atoms with Crippen LogP contribution >= 0.6 is 23.1 Å². The molecule has 1 aliphatic rings. The average Bonchev–Trinajstić information content (AvgIpc) is 3.60. The van der Waals surface area contributed by atoms with Gasteiger partial charge in [-0.3, -0.25) is 0 Å². The fourth-order valence-electron chi connectivity index (χ4n) is 3.46. The maximum Gasteiger partial charge on any atom is 0.277 e. The number of aromatic nitrogens is 3. The van der Waals surface area contributed by atoms with Crippen LogP contribution in [0.5, 0.6) is 0 Å². The molecule has 5 rings (SSSR count). The van der Waals surface area contributed by atoms with Crippen LogP contribution in [0.15, 0.2) is 67.2 Å². The lowest BCUT2D eigenvalue weighted by Crippen LogP contribution is -2.35. The van der Waals surface area contributed by atoms with Gasteiger partial charge < -0.3 is 8.83 Å². The Morgan fingerprint density at radius 2 is 1.97 bits per heavy atom. The lowest BCUT2D eigenvalue weighted by Gasteiger charge is -2.25. The van der Waals surface area contributed by atoms with Crippen LogP contribution in [0, 0.1) is 0 Å². The molecule has 0 unspecified atom stereocenters. The molecule has 0 atom stereocenters. The van der Waals surface area contributed by atoms with Crippen LogP contribution in [0.3, 0.4) is 0 Å². The average molecular weight is 489 g/mol. The topological polar surface area (TPSA) is 102 Å². The van der Waals surface area contributed by atoms with E-state index in [4.69, 9.17) is 8.83 Å². The Kier molecular flexibility index (Phi) is 6.13. The third kappa shape index (κ3) is 4.51. The zero-order valence-electron chi connectivity index (χ0n) is 17.0. The van der Waals surface area contributed by atoms with Gasteiger partial charge in [0.25, 0.3) is 5.22 Å². The zero-order valence-corrected chi connectivity index (χ0v) is 19.5. The summed E-state index contributed by atoms with van der Waals surface area (Å²) in [4.78, 5) is 4.84. The molecule has 8 nitrogen and oxygen atoms in total. The summed E-state index contributed by atoms with van der Waals surface area (Å²) in [6.45, 7) is 1.12. The van der Waals surface area contributed by atoms with Crippen LogP contribution in [-0.4, -0.2) is 41.0 Å². The summed E-state index contributed by atoms with van der Waals surface area (Å²) in [5.41, 5.74) is 2.44. The Bertz CT molecular complexity index is 1290. The van der Waals surface area contributed by atoms with E-state index in [1.54, 1.807) is 52.4 Å². The van der Waals surface area contributed by atoms with Gasteiger partial charge in [-0.1, -0.05) is 24.2 Å². The number of thiazole rings is 1. The van der Waals surface area contributed by atoms with Gasteiger partial charge >= 0.3 is 0 Å². The molecule has 0 saturated carbocycles. The first-order valence-corrected chi connectivity index (χ1v) is 13.4. The van der Waals surface area contributed by atoms with Crippen molar-refractivity contribution in [2.45, 2.75) is 35.1 Å². The predicted molar refractivity (Wildman–Crippen MR) is 122 cm³/mol. The van der Waals surface area contributed by atoms with Crippen LogP contribution in [0.4, 0.5) is 0 Å². The minimum Gasteiger partial charge on any atom is -0.472 e. The molecule has 1 aliphatic heterocycles. The quantitative estimate of drug-likeness (QED) is 0.338. The monoisotopic (exact) mass is 488 g/mol. The molecular weight excluding hydrogens is 468 g/mol. The number of piperidine rings is 1. The fourth-order valence-corrected chi connectivity index (χ4v) is 6.59. The number of nitrogens with zero attached hydrogens (tertiary/aromatic N) is 4. The summed E-state index contributed by atoms with van der Waals surface area (Å²) >= 11 is 2.93. The van der Waals surface area contributed by atoms with Crippen LogP contribution in [-0.2, 0) is 15.8 Å². The first kappa shape index (κ1) is 21.4. The molecule has 0 spiro atoms. The van der Waals surface area contributed by atoms with Crippen molar-refractivity contribution in [3.8, 4) is 22.0 Å². The summed E-state index contributed by atoms with van der Waals surface area (Å²) in [6, 6.07) is 8.56. The van der Waals surface area contributed by atoms with Crippen LogP contribution in [0.1, 0.15) is 25.0 Å². The minimum atomic E-state index is -3.52. The Morgan fingerprint density at radius 1 is 1.09 bits per heavy atom. The molecule has 4 aromatic rings. The standard InChI is InChI=1S/C21H20N4O4S3/c26-32(27,25-8-2-1-3-9-25)18-6-4-5-15(11-18)19-23-24-21(29-19)31-14-17-13-30-20(22-17)16-7-10-28-12-16/h4-7,10-13H,1-3,8-9,14H2. The molecule has 0 bridgehead atoms. The second-order valence-electron chi connectivity index (χ2n) is 7.31. The van der Waals surface area contributed by atoms with E-state index >= 15 is 0 Å². The Hall–Kier alpha value is -2.47. The second-order valence-corrected chi connectivity index (χ2v) is 11.0. The predicted octanol–water partition coefficient (Wildman–Crippen LogP) is 4.92. The minimum absolute atomic E-state index is 0.249. The molecule has 1 aromatic carbocycles.